The van der Waals surface area contributed by atoms with Crippen LogP contribution in [0.25, 0.3) is 0 Å². The second-order valence-corrected chi connectivity index (χ2v) is 10.0. The Bertz CT molecular complexity index is 1300. The summed E-state index contributed by atoms with van der Waals surface area (Å²) in [4.78, 5) is 12.9. The summed E-state index contributed by atoms with van der Waals surface area (Å²) in [5.74, 6) is 0.114. The SMILES string of the molecule is COc1cc(NC(=O)CN(Cc2ccccc2)S(=O)(=O)c2cc(Cl)ccc2OC)c(OC)cc1Cl. The van der Waals surface area contributed by atoms with Gasteiger partial charge in [0.2, 0.25) is 15.9 Å². The van der Waals surface area contributed by atoms with Crippen LogP contribution in [0.1, 0.15) is 5.56 Å². The Balaban J connectivity index is 1.97. The largest absolute Gasteiger partial charge is 0.495 e. The molecule has 1 N–H and O–H groups in total. The summed E-state index contributed by atoms with van der Waals surface area (Å²) < 4.78 is 44.1. The third kappa shape index (κ3) is 6.37. The second-order valence-electron chi connectivity index (χ2n) is 7.29. The predicted molar refractivity (Wildman–Crippen MR) is 135 cm³/mol. The quantitative estimate of drug-likeness (QED) is 0.396. The minimum Gasteiger partial charge on any atom is -0.495 e. The molecule has 3 rings (SSSR count). The minimum atomic E-state index is -4.20. The van der Waals surface area contributed by atoms with E-state index >= 15 is 0 Å². The van der Waals surface area contributed by atoms with Crippen molar-refractivity contribution in [2.75, 3.05) is 33.2 Å². The van der Waals surface area contributed by atoms with Gasteiger partial charge in [0.1, 0.15) is 22.1 Å². The molecule has 0 bridgehead atoms. The van der Waals surface area contributed by atoms with Crippen LogP contribution in [0.4, 0.5) is 5.69 Å². The van der Waals surface area contributed by atoms with E-state index in [0.29, 0.717) is 16.3 Å². The molecule has 0 atom stereocenters. The number of carbonyl (C=O) groups is 1. The van der Waals surface area contributed by atoms with Crippen molar-refractivity contribution in [3.05, 3.63) is 76.3 Å². The van der Waals surface area contributed by atoms with Crippen LogP contribution in [0, 0.1) is 0 Å². The predicted octanol–water partition coefficient (Wildman–Crippen LogP) is 4.85. The van der Waals surface area contributed by atoms with E-state index in [4.69, 9.17) is 37.4 Å². The van der Waals surface area contributed by atoms with Crippen molar-refractivity contribution in [1.29, 1.82) is 0 Å². The van der Waals surface area contributed by atoms with Gasteiger partial charge in [-0.15, -0.1) is 0 Å². The maximum atomic E-state index is 13.7. The molecule has 186 valence electrons. The lowest BCUT2D eigenvalue weighted by molar-refractivity contribution is -0.116. The number of nitrogens with zero attached hydrogens (tertiary/aromatic N) is 1. The molecule has 0 unspecified atom stereocenters. The lowest BCUT2D eigenvalue weighted by atomic mass is 10.2. The molecule has 3 aromatic carbocycles. The fourth-order valence-corrected chi connectivity index (χ4v) is 5.35. The lowest BCUT2D eigenvalue weighted by Gasteiger charge is -2.23. The third-order valence-corrected chi connectivity index (χ3v) is 7.36. The van der Waals surface area contributed by atoms with Crippen LogP contribution in [-0.4, -0.2) is 46.5 Å². The molecule has 0 aliphatic heterocycles. The summed E-state index contributed by atoms with van der Waals surface area (Å²) in [5, 5.41) is 3.19. The van der Waals surface area contributed by atoms with E-state index < -0.39 is 22.5 Å². The summed E-state index contributed by atoms with van der Waals surface area (Å²) in [6, 6.07) is 16.2. The van der Waals surface area contributed by atoms with E-state index in [9.17, 15) is 13.2 Å². The van der Waals surface area contributed by atoms with Gasteiger partial charge in [0.15, 0.2) is 0 Å². The Morgan fingerprint density at radius 1 is 0.886 bits per heavy atom. The Labute approximate surface area is 214 Å². The number of carbonyl (C=O) groups excluding carboxylic acids is 1. The van der Waals surface area contributed by atoms with Gasteiger partial charge in [-0.25, -0.2) is 8.42 Å². The molecule has 0 saturated carbocycles. The molecule has 0 aliphatic rings. The highest BCUT2D eigenvalue weighted by Gasteiger charge is 2.30. The molecule has 0 aromatic heterocycles. The topological polar surface area (TPSA) is 94.2 Å². The van der Waals surface area contributed by atoms with Gasteiger partial charge in [-0.1, -0.05) is 53.5 Å². The van der Waals surface area contributed by atoms with Crippen molar-refractivity contribution in [1.82, 2.24) is 4.31 Å². The first-order valence-corrected chi connectivity index (χ1v) is 12.5. The van der Waals surface area contributed by atoms with Crippen molar-refractivity contribution < 1.29 is 27.4 Å². The molecule has 11 heteroatoms. The summed E-state index contributed by atoms with van der Waals surface area (Å²) in [5.41, 5.74) is 0.965. The molecule has 0 spiro atoms. The number of anilines is 1. The molecule has 0 heterocycles. The molecule has 0 fully saturated rings. The number of benzene rings is 3. The van der Waals surface area contributed by atoms with Crippen LogP contribution >= 0.6 is 23.2 Å². The maximum absolute atomic E-state index is 13.7. The van der Waals surface area contributed by atoms with Crippen LogP contribution in [0.15, 0.2) is 65.6 Å². The standard InChI is InChI=1S/C24H24Cl2N2O6S/c1-32-20-10-9-17(25)11-23(20)35(30,31)28(14-16-7-5-4-6-8-16)15-24(29)27-19-13-21(33-2)18(26)12-22(19)34-3/h4-13H,14-15H2,1-3H3,(H,27,29). The zero-order chi connectivity index (χ0) is 25.6. The van der Waals surface area contributed by atoms with Gasteiger partial charge in [-0.05, 0) is 23.8 Å². The first-order valence-electron chi connectivity index (χ1n) is 10.3. The average Bonchev–Trinajstić information content (AvgIpc) is 2.85. The van der Waals surface area contributed by atoms with Crippen molar-refractivity contribution in [2.45, 2.75) is 11.4 Å². The number of hydrogen-bond donors (Lipinski definition) is 1. The van der Waals surface area contributed by atoms with Gasteiger partial charge in [0, 0.05) is 23.7 Å². The highest BCUT2D eigenvalue weighted by molar-refractivity contribution is 7.89. The summed E-state index contributed by atoms with van der Waals surface area (Å²) in [7, 11) is 0.0151. The van der Waals surface area contributed by atoms with E-state index in [1.807, 2.05) is 6.07 Å². The number of ether oxygens (including phenoxy) is 3. The number of rotatable bonds is 10. The first-order chi connectivity index (χ1) is 16.7. The number of nitrogens with one attached hydrogen (secondary N) is 1. The number of halogens is 2. The molecule has 35 heavy (non-hydrogen) atoms. The van der Waals surface area contributed by atoms with E-state index in [0.717, 1.165) is 4.31 Å². The van der Waals surface area contributed by atoms with E-state index in [1.54, 1.807) is 24.3 Å². The van der Waals surface area contributed by atoms with Crippen LogP contribution < -0.4 is 19.5 Å². The van der Waals surface area contributed by atoms with E-state index in [1.165, 1.54) is 51.7 Å². The van der Waals surface area contributed by atoms with E-state index in [2.05, 4.69) is 5.32 Å². The normalized spacial score (nSPS) is 11.3. The number of methoxy groups -OCH3 is 3. The Kier molecular flexibility index (Phi) is 8.85. The van der Waals surface area contributed by atoms with Crippen LogP contribution in [-0.2, 0) is 21.4 Å². The molecular weight excluding hydrogens is 515 g/mol. The van der Waals surface area contributed by atoms with Crippen molar-refractivity contribution in [2.24, 2.45) is 0 Å². The van der Waals surface area contributed by atoms with Crippen molar-refractivity contribution in [3.8, 4) is 17.2 Å². The van der Waals surface area contributed by atoms with Gasteiger partial charge in [-0.2, -0.15) is 4.31 Å². The van der Waals surface area contributed by atoms with Crippen molar-refractivity contribution in [3.63, 3.8) is 0 Å². The number of amides is 1. The van der Waals surface area contributed by atoms with E-state index in [-0.39, 0.29) is 33.6 Å². The molecule has 0 aliphatic carbocycles. The monoisotopic (exact) mass is 538 g/mol. The molecule has 3 aromatic rings. The third-order valence-electron chi connectivity index (χ3n) is 5.01. The fourth-order valence-electron chi connectivity index (χ4n) is 3.31. The highest BCUT2D eigenvalue weighted by atomic mass is 35.5. The zero-order valence-corrected chi connectivity index (χ0v) is 21.6. The average molecular weight is 539 g/mol. The highest BCUT2D eigenvalue weighted by Crippen LogP contribution is 2.36. The summed E-state index contributed by atoms with van der Waals surface area (Å²) >= 11 is 12.2. The Morgan fingerprint density at radius 2 is 1.54 bits per heavy atom. The van der Waals surface area contributed by atoms with Crippen LogP contribution in [0.2, 0.25) is 10.0 Å². The first kappa shape index (κ1) is 26.6. The van der Waals surface area contributed by atoms with Crippen molar-refractivity contribution >= 4 is 44.8 Å². The van der Waals surface area contributed by atoms with Gasteiger partial charge in [0.05, 0.1) is 38.6 Å². The van der Waals surface area contributed by atoms with Gasteiger partial charge in [-0.3, -0.25) is 4.79 Å². The number of sulfonamides is 1. The molecule has 0 saturated heterocycles. The molecule has 1 amide bonds. The number of hydrogen-bond acceptors (Lipinski definition) is 6. The van der Waals surface area contributed by atoms with Gasteiger partial charge >= 0.3 is 0 Å². The minimum absolute atomic E-state index is 0.0622. The second kappa shape index (κ2) is 11.6. The maximum Gasteiger partial charge on any atom is 0.247 e. The Morgan fingerprint density at radius 3 is 2.17 bits per heavy atom. The smallest absolute Gasteiger partial charge is 0.247 e. The Hall–Kier alpha value is -2.98. The van der Waals surface area contributed by atoms with Gasteiger partial charge in [0.25, 0.3) is 0 Å². The summed E-state index contributed by atoms with van der Waals surface area (Å²) in [6.07, 6.45) is 0. The van der Waals surface area contributed by atoms with Gasteiger partial charge < -0.3 is 19.5 Å². The van der Waals surface area contributed by atoms with Crippen LogP contribution in [0.5, 0.6) is 17.2 Å². The zero-order valence-electron chi connectivity index (χ0n) is 19.2. The molecule has 0 radical (unpaired) electrons. The molecule has 8 nitrogen and oxygen atoms in total. The molecular formula is C24H24Cl2N2O6S. The van der Waals surface area contributed by atoms with Crippen LogP contribution in [0.3, 0.4) is 0 Å². The summed E-state index contributed by atoms with van der Waals surface area (Å²) in [6.45, 7) is -0.561. The fraction of sp³-hybridized carbons (Fsp3) is 0.208. The lowest BCUT2D eigenvalue weighted by Crippen LogP contribution is -2.37.